The maximum Gasteiger partial charge on any atom is 0.250 e. The van der Waals surface area contributed by atoms with Crippen LogP contribution >= 0.6 is 0 Å². The Morgan fingerprint density at radius 1 is 1.42 bits per heavy atom. The molecule has 108 valence electrons. The van der Waals surface area contributed by atoms with Gasteiger partial charge in [-0.3, -0.25) is 4.79 Å². The van der Waals surface area contributed by atoms with Crippen molar-refractivity contribution in [2.24, 2.45) is 0 Å². The van der Waals surface area contributed by atoms with Crippen molar-refractivity contribution in [3.8, 4) is 0 Å². The summed E-state index contributed by atoms with van der Waals surface area (Å²) < 4.78 is 1.63. The van der Waals surface area contributed by atoms with Crippen molar-refractivity contribution in [3.05, 3.63) is 28.7 Å². The predicted molar refractivity (Wildman–Crippen MR) is 78.1 cm³/mol. The summed E-state index contributed by atoms with van der Waals surface area (Å²) in [5.74, 6) is 0. The molecule has 5 heteroatoms. The largest absolute Gasteiger partial charge is 0.398 e. The van der Waals surface area contributed by atoms with Gasteiger partial charge in [-0.15, -0.1) is 0 Å². The van der Waals surface area contributed by atoms with Crippen LogP contribution in [0.5, 0.6) is 0 Å². The minimum absolute atomic E-state index is 0.0280. The molecule has 0 spiro atoms. The number of aryl methyl sites for hydroxylation is 1. The fourth-order valence-electron chi connectivity index (χ4n) is 2.09. The molecule has 0 saturated carbocycles. The molecule has 5 nitrogen and oxygen atoms in total. The van der Waals surface area contributed by atoms with Crippen LogP contribution in [0.15, 0.2) is 23.1 Å². The molecule has 0 bridgehead atoms. The molecule has 1 rings (SSSR count). The number of anilines is 1. The Morgan fingerprint density at radius 2 is 2.11 bits per heavy atom. The Hall–Kier alpha value is -1.33. The van der Waals surface area contributed by atoms with Gasteiger partial charge >= 0.3 is 0 Å². The standard InChI is InChI=1S/C14H25N3O2/c1-4-16(11-14(2,3)19)8-5-9-17-10-12(15)6-7-13(17)18/h6-7,10,19H,4-5,8-9,11,15H2,1-3H3. The van der Waals surface area contributed by atoms with Crippen molar-refractivity contribution in [1.82, 2.24) is 9.47 Å². The van der Waals surface area contributed by atoms with E-state index in [1.54, 1.807) is 30.7 Å². The first-order chi connectivity index (χ1) is 8.81. The van der Waals surface area contributed by atoms with Gasteiger partial charge in [0, 0.05) is 31.0 Å². The van der Waals surface area contributed by atoms with Gasteiger partial charge < -0.3 is 20.3 Å². The maximum atomic E-state index is 11.6. The topological polar surface area (TPSA) is 71.5 Å². The highest BCUT2D eigenvalue weighted by atomic mass is 16.3. The number of rotatable bonds is 7. The van der Waals surface area contributed by atoms with E-state index in [0.29, 0.717) is 18.8 Å². The average Bonchev–Trinajstić information content (AvgIpc) is 2.30. The average molecular weight is 267 g/mol. The molecule has 0 aliphatic carbocycles. The number of nitrogen functional groups attached to an aromatic ring is 1. The second-order valence-electron chi connectivity index (χ2n) is 5.53. The molecule has 0 aliphatic rings. The first-order valence-electron chi connectivity index (χ1n) is 6.72. The predicted octanol–water partition coefficient (Wildman–Crippen LogP) is 0.913. The van der Waals surface area contributed by atoms with Crippen LogP contribution in [0.2, 0.25) is 0 Å². The minimum atomic E-state index is -0.690. The van der Waals surface area contributed by atoms with Crippen LogP contribution < -0.4 is 11.3 Å². The summed E-state index contributed by atoms with van der Waals surface area (Å²) in [4.78, 5) is 13.8. The number of hydrogen-bond acceptors (Lipinski definition) is 4. The Morgan fingerprint density at radius 3 is 2.68 bits per heavy atom. The van der Waals surface area contributed by atoms with E-state index in [-0.39, 0.29) is 5.56 Å². The molecular formula is C14H25N3O2. The molecule has 0 fully saturated rings. The van der Waals surface area contributed by atoms with Crippen LogP contribution in [0.4, 0.5) is 5.69 Å². The van der Waals surface area contributed by atoms with E-state index in [1.165, 1.54) is 6.07 Å². The first kappa shape index (κ1) is 15.7. The molecule has 1 heterocycles. The van der Waals surface area contributed by atoms with E-state index in [9.17, 15) is 9.90 Å². The lowest BCUT2D eigenvalue weighted by Gasteiger charge is -2.27. The summed E-state index contributed by atoms with van der Waals surface area (Å²) in [6.07, 6.45) is 2.53. The maximum absolute atomic E-state index is 11.6. The van der Waals surface area contributed by atoms with Crippen molar-refractivity contribution in [2.75, 3.05) is 25.4 Å². The number of aromatic nitrogens is 1. The highest BCUT2D eigenvalue weighted by Gasteiger charge is 2.16. The van der Waals surface area contributed by atoms with Crippen molar-refractivity contribution in [3.63, 3.8) is 0 Å². The quantitative estimate of drug-likeness (QED) is 0.770. The number of pyridine rings is 1. The molecule has 0 unspecified atom stereocenters. The van der Waals surface area contributed by atoms with E-state index >= 15 is 0 Å². The van der Waals surface area contributed by atoms with Crippen molar-refractivity contribution < 1.29 is 5.11 Å². The van der Waals surface area contributed by atoms with Gasteiger partial charge in [0.05, 0.1) is 5.60 Å². The third kappa shape index (κ3) is 5.89. The summed E-state index contributed by atoms with van der Waals surface area (Å²) in [6.45, 7) is 8.69. The van der Waals surface area contributed by atoms with Crippen LogP contribution in [-0.2, 0) is 6.54 Å². The fraction of sp³-hybridized carbons (Fsp3) is 0.643. The molecule has 1 aromatic heterocycles. The number of likely N-dealkylation sites (N-methyl/N-ethyl adjacent to an activating group) is 1. The van der Waals surface area contributed by atoms with Gasteiger partial charge in [-0.1, -0.05) is 6.92 Å². The van der Waals surface area contributed by atoms with Gasteiger partial charge in [0.2, 0.25) is 0 Å². The monoisotopic (exact) mass is 267 g/mol. The molecule has 0 atom stereocenters. The number of nitrogens with zero attached hydrogens (tertiary/aromatic N) is 2. The van der Waals surface area contributed by atoms with Gasteiger partial charge in [-0.25, -0.2) is 0 Å². The van der Waals surface area contributed by atoms with Crippen LogP contribution in [0, 0.1) is 0 Å². The zero-order chi connectivity index (χ0) is 14.5. The molecule has 3 N–H and O–H groups in total. The van der Waals surface area contributed by atoms with E-state index < -0.39 is 5.60 Å². The normalized spacial score (nSPS) is 12.1. The summed E-state index contributed by atoms with van der Waals surface area (Å²) in [7, 11) is 0. The zero-order valence-electron chi connectivity index (χ0n) is 12.1. The second-order valence-corrected chi connectivity index (χ2v) is 5.53. The van der Waals surface area contributed by atoms with Crippen molar-refractivity contribution >= 4 is 5.69 Å². The molecular weight excluding hydrogens is 242 g/mol. The van der Waals surface area contributed by atoms with Crippen LogP contribution in [0.3, 0.4) is 0 Å². The van der Waals surface area contributed by atoms with Gasteiger partial charge in [-0.05, 0) is 39.4 Å². The Bertz CT molecular complexity index is 449. The minimum Gasteiger partial charge on any atom is -0.398 e. The lowest BCUT2D eigenvalue weighted by molar-refractivity contribution is 0.0372. The Labute approximate surface area is 114 Å². The van der Waals surface area contributed by atoms with E-state index in [4.69, 9.17) is 5.73 Å². The summed E-state index contributed by atoms with van der Waals surface area (Å²) in [5, 5.41) is 9.80. The molecule has 1 aromatic rings. The molecule has 0 aromatic carbocycles. The van der Waals surface area contributed by atoms with E-state index in [2.05, 4.69) is 11.8 Å². The molecule has 0 saturated heterocycles. The fourth-order valence-corrected chi connectivity index (χ4v) is 2.09. The van der Waals surface area contributed by atoms with E-state index in [0.717, 1.165) is 19.5 Å². The third-order valence-corrected chi connectivity index (χ3v) is 2.94. The molecule has 0 amide bonds. The molecule has 0 radical (unpaired) electrons. The summed E-state index contributed by atoms with van der Waals surface area (Å²) in [6, 6.07) is 3.11. The number of nitrogens with two attached hydrogens (primary N) is 1. The highest BCUT2D eigenvalue weighted by molar-refractivity contribution is 5.33. The lowest BCUT2D eigenvalue weighted by Crippen LogP contribution is -2.39. The van der Waals surface area contributed by atoms with Crippen molar-refractivity contribution in [1.29, 1.82) is 0 Å². The smallest absolute Gasteiger partial charge is 0.250 e. The van der Waals surface area contributed by atoms with Gasteiger partial charge in [0.1, 0.15) is 0 Å². The van der Waals surface area contributed by atoms with Gasteiger partial charge in [0.25, 0.3) is 5.56 Å². The second kappa shape index (κ2) is 6.73. The molecule has 0 aliphatic heterocycles. The zero-order valence-corrected chi connectivity index (χ0v) is 12.1. The van der Waals surface area contributed by atoms with Crippen LogP contribution in [0.1, 0.15) is 27.2 Å². The van der Waals surface area contributed by atoms with Crippen molar-refractivity contribution in [2.45, 2.75) is 39.3 Å². The Balaban J connectivity index is 2.48. The lowest BCUT2D eigenvalue weighted by atomic mass is 10.1. The highest BCUT2D eigenvalue weighted by Crippen LogP contribution is 2.05. The Kier molecular flexibility index (Phi) is 5.57. The molecule has 19 heavy (non-hydrogen) atoms. The number of aliphatic hydroxyl groups is 1. The summed E-state index contributed by atoms with van der Waals surface area (Å²) in [5.41, 5.74) is 5.55. The summed E-state index contributed by atoms with van der Waals surface area (Å²) >= 11 is 0. The van der Waals surface area contributed by atoms with Gasteiger partial charge in [-0.2, -0.15) is 0 Å². The van der Waals surface area contributed by atoms with Gasteiger partial charge in [0.15, 0.2) is 0 Å². The van der Waals surface area contributed by atoms with E-state index in [1.807, 2.05) is 0 Å². The SMILES string of the molecule is CCN(CCCn1cc(N)ccc1=O)CC(C)(C)O. The van der Waals surface area contributed by atoms with Crippen LogP contribution in [0.25, 0.3) is 0 Å². The first-order valence-corrected chi connectivity index (χ1v) is 6.72. The number of hydrogen-bond donors (Lipinski definition) is 2. The van der Waals surface area contributed by atoms with Crippen LogP contribution in [-0.4, -0.2) is 39.8 Å². The third-order valence-electron chi connectivity index (χ3n) is 2.94.